The van der Waals surface area contributed by atoms with Crippen LogP contribution in [0.5, 0.6) is 0 Å². The molecule has 0 aliphatic heterocycles. The van der Waals surface area contributed by atoms with E-state index in [2.05, 4.69) is 11.9 Å². The van der Waals surface area contributed by atoms with Crippen LogP contribution in [0.15, 0.2) is 0 Å². The van der Waals surface area contributed by atoms with E-state index < -0.39 is 5.54 Å². The number of carbonyl (C=O) groups excluding carboxylic acids is 1. The normalized spacial score (nSPS) is 25.1. The van der Waals surface area contributed by atoms with E-state index in [9.17, 15) is 4.79 Å². The predicted molar refractivity (Wildman–Crippen MR) is 68.3 cm³/mol. The van der Waals surface area contributed by atoms with Crippen molar-refractivity contribution in [3.8, 4) is 0 Å². The van der Waals surface area contributed by atoms with Crippen LogP contribution >= 0.6 is 0 Å². The maximum atomic E-state index is 11.5. The molecule has 1 atom stereocenters. The Morgan fingerprint density at radius 1 is 1.29 bits per heavy atom. The van der Waals surface area contributed by atoms with Crippen LogP contribution in [0.3, 0.4) is 0 Å². The lowest BCUT2D eigenvalue weighted by Gasteiger charge is -2.32. The summed E-state index contributed by atoms with van der Waals surface area (Å²) < 4.78 is 0. The minimum atomic E-state index is -0.798. The molecule has 4 N–H and O–H groups in total. The first-order chi connectivity index (χ1) is 8.02. The van der Waals surface area contributed by atoms with E-state index in [0.29, 0.717) is 12.5 Å². The van der Waals surface area contributed by atoms with Crippen LogP contribution in [0.4, 0.5) is 0 Å². The molecule has 0 aromatic carbocycles. The summed E-state index contributed by atoms with van der Waals surface area (Å²) in [5.74, 6) is 0.764. The fourth-order valence-corrected chi connectivity index (χ4v) is 3.15. The Morgan fingerprint density at radius 3 is 2.35 bits per heavy atom. The third kappa shape index (κ3) is 2.99. The highest BCUT2D eigenvalue weighted by Crippen LogP contribution is 2.38. The second kappa shape index (κ2) is 4.94. The molecule has 2 aliphatic carbocycles. The standard InChI is InChI=1S/C13H25N3O/c1-16(8-10-4-2-3-5-10)9-13(15,12(14)17)11-6-7-11/h10-11H,2-9,15H2,1H3,(H2,14,17). The Bertz CT molecular complexity index is 284. The Kier molecular flexibility index (Phi) is 3.73. The van der Waals surface area contributed by atoms with Gasteiger partial charge in [0, 0.05) is 13.1 Å². The zero-order valence-electron chi connectivity index (χ0n) is 10.8. The monoisotopic (exact) mass is 239 g/mol. The molecule has 17 heavy (non-hydrogen) atoms. The molecule has 1 unspecified atom stereocenters. The van der Waals surface area contributed by atoms with E-state index in [1.807, 2.05) is 0 Å². The van der Waals surface area contributed by atoms with E-state index in [4.69, 9.17) is 11.5 Å². The van der Waals surface area contributed by atoms with Crippen molar-refractivity contribution < 1.29 is 4.79 Å². The zero-order chi connectivity index (χ0) is 12.5. The fourth-order valence-electron chi connectivity index (χ4n) is 3.15. The summed E-state index contributed by atoms with van der Waals surface area (Å²) in [6.07, 6.45) is 7.45. The van der Waals surface area contributed by atoms with Gasteiger partial charge in [-0.15, -0.1) is 0 Å². The topological polar surface area (TPSA) is 72.3 Å². The molecule has 2 aliphatic rings. The summed E-state index contributed by atoms with van der Waals surface area (Å²) in [4.78, 5) is 13.8. The van der Waals surface area contributed by atoms with Gasteiger partial charge in [-0.1, -0.05) is 12.8 Å². The lowest BCUT2D eigenvalue weighted by Crippen LogP contribution is -2.60. The Hall–Kier alpha value is -0.610. The first-order valence-electron chi connectivity index (χ1n) is 6.79. The van der Waals surface area contributed by atoms with Gasteiger partial charge in [-0.05, 0) is 44.6 Å². The van der Waals surface area contributed by atoms with Gasteiger partial charge >= 0.3 is 0 Å². The van der Waals surface area contributed by atoms with E-state index in [1.165, 1.54) is 25.7 Å². The highest BCUT2D eigenvalue weighted by molar-refractivity contribution is 5.85. The van der Waals surface area contributed by atoms with Crippen molar-refractivity contribution in [2.24, 2.45) is 23.3 Å². The minimum absolute atomic E-state index is 0.311. The summed E-state index contributed by atoms with van der Waals surface area (Å²) in [5.41, 5.74) is 10.9. The number of amides is 1. The number of rotatable bonds is 6. The number of hydrogen-bond donors (Lipinski definition) is 2. The van der Waals surface area contributed by atoms with Crippen molar-refractivity contribution in [1.29, 1.82) is 0 Å². The van der Waals surface area contributed by atoms with Gasteiger partial charge in [-0.3, -0.25) is 4.79 Å². The molecular formula is C13H25N3O. The molecule has 0 radical (unpaired) electrons. The molecule has 0 heterocycles. The molecule has 2 fully saturated rings. The van der Waals surface area contributed by atoms with E-state index in [-0.39, 0.29) is 5.91 Å². The highest BCUT2D eigenvalue weighted by Gasteiger charge is 2.47. The minimum Gasteiger partial charge on any atom is -0.368 e. The largest absolute Gasteiger partial charge is 0.368 e. The van der Waals surface area contributed by atoms with Crippen molar-refractivity contribution in [3.05, 3.63) is 0 Å². The SMILES string of the molecule is CN(CC1CCCC1)CC(N)(C(N)=O)C1CC1. The zero-order valence-corrected chi connectivity index (χ0v) is 10.8. The van der Waals surface area contributed by atoms with Gasteiger partial charge in [0.05, 0.1) is 0 Å². The van der Waals surface area contributed by atoms with Crippen LogP contribution in [-0.4, -0.2) is 36.5 Å². The molecule has 0 saturated heterocycles. The van der Waals surface area contributed by atoms with Crippen LogP contribution in [0.1, 0.15) is 38.5 Å². The van der Waals surface area contributed by atoms with E-state index >= 15 is 0 Å². The molecule has 0 bridgehead atoms. The molecule has 0 spiro atoms. The number of carbonyl (C=O) groups is 1. The summed E-state index contributed by atoms with van der Waals surface area (Å²) in [6, 6.07) is 0. The number of hydrogen-bond acceptors (Lipinski definition) is 3. The van der Waals surface area contributed by atoms with Crippen LogP contribution in [0.2, 0.25) is 0 Å². The van der Waals surface area contributed by atoms with Crippen molar-refractivity contribution in [2.45, 2.75) is 44.1 Å². The van der Waals surface area contributed by atoms with E-state index in [1.54, 1.807) is 0 Å². The summed E-state index contributed by atoms with van der Waals surface area (Å²) in [7, 11) is 2.06. The number of primary amides is 1. The average molecular weight is 239 g/mol. The van der Waals surface area contributed by atoms with Crippen LogP contribution in [-0.2, 0) is 4.79 Å². The maximum Gasteiger partial charge on any atom is 0.239 e. The predicted octanol–water partition coefficient (Wildman–Crippen LogP) is 0.701. The maximum absolute atomic E-state index is 11.5. The lowest BCUT2D eigenvalue weighted by atomic mass is 9.92. The van der Waals surface area contributed by atoms with Crippen LogP contribution < -0.4 is 11.5 Å². The third-order valence-electron chi connectivity index (χ3n) is 4.34. The second-order valence-corrected chi connectivity index (χ2v) is 6.03. The second-order valence-electron chi connectivity index (χ2n) is 6.03. The number of nitrogens with zero attached hydrogens (tertiary/aromatic N) is 1. The van der Waals surface area contributed by atoms with Crippen molar-refractivity contribution >= 4 is 5.91 Å². The molecular weight excluding hydrogens is 214 g/mol. The summed E-state index contributed by atoms with van der Waals surface area (Å²) >= 11 is 0. The van der Waals surface area contributed by atoms with Gasteiger partial charge in [0.15, 0.2) is 0 Å². The van der Waals surface area contributed by atoms with Crippen molar-refractivity contribution in [3.63, 3.8) is 0 Å². The number of nitrogens with two attached hydrogens (primary N) is 2. The Balaban J connectivity index is 1.86. The van der Waals surface area contributed by atoms with Crippen molar-refractivity contribution in [1.82, 2.24) is 4.90 Å². The first kappa shape index (κ1) is 12.8. The Labute approximate surface area is 104 Å². The van der Waals surface area contributed by atoms with Gasteiger partial charge in [0.25, 0.3) is 0 Å². The van der Waals surface area contributed by atoms with Crippen molar-refractivity contribution in [2.75, 3.05) is 20.1 Å². The fraction of sp³-hybridized carbons (Fsp3) is 0.923. The lowest BCUT2D eigenvalue weighted by molar-refractivity contribution is -0.124. The molecule has 2 saturated carbocycles. The smallest absolute Gasteiger partial charge is 0.239 e. The third-order valence-corrected chi connectivity index (χ3v) is 4.34. The number of likely N-dealkylation sites (N-methyl/N-ethyl adjacent to an activating group) is 1. The van der Waals surface area contributed by atoms with Gasteiger partial charge in [-0.2, -0.15) is 0 Å². The summed E-state index contributed by atoms with van der Waals surface area (Å²) in [5, 5.41) is 0. The Morgan fingerprint density at radius 2 is 1.88 bits per heavy atom. The first-order valence-corrected chi connectivity index (χ1v) is 6.79. The quantitative estimate of drug-likeness (QED) is 0.716. The van der Waals surface area contributed by atoms with Gasteiger partial charge < -0.3 is 16.4 Å². The van der Waals surface area contributed by atoms with Crippen LogP contribution in [0.25, 0.3) is 0 Å². The molecule has 98 valence electrons. The van der Waals surface area contributed by atoms with Gasteiger partial charge in [0.2, 0.25) is 5.91 Å². The van der Waals surface area contributed by atoms with Gasteiger partial charge in [-0.25, -0.2) is 0 Å². The van der Waals surface area contributed by atoms with Crippen LogP contribution in [0, 0.1) is 11.8 Å². The average Bonchev–Trinajstić information content (AvgIpc) is 2.99. The summed E-state index contributed by atoms with van der Waals surface area (Å²) in [6.45, 7) is 1.67. The molecule has 4 heteroatoms. The molecule has 0 aromatic heterocycles. The molecule has 0 aromatic rings. The molecule has 4 nitrogen and oxygen atoms in total. The van der Waals surface area contributed by atoms with Gasteiger partial charge in [0.1, 0.15) is 5.54 Å². The molecule has 2 rings (SSSR count). The highest BCUT2D eigenvalue weighted by atomic mass is 16.1. The molecule has 1 amide bonds. The van der Waals surface area contributed by atoms with E-state index in [0.717, 1.165) is 25.3 Å².